The van der Waals surface area contributed by atoms with E-state index in [1.54, 1.807) is 4.90 Å². The van der Waals surface area contributed by atoms with Gasteiger partial charge in [-0.3, -0.25) is 4.90 Å². The number of pyridine rings is 1. The summed E-state index contributed by atoms with van der Waals surface area (Å²) in [6.45, 7) is 9.56. The van der Waals surface area contributed by atoms with Crippen LogP contribution in [0.2, 0.25) is 0 Å². The van der Waals surface area contributed by atoms with E-state index in [0.29, 0.717) is 13.1 Å². The highest BCUT2D eigenvalue weighted by atomic mass is 16.6. The predicted octanol–water partition coefficient (Wildman–Crippen LogP) is 2.39. The van der Waals surface area contributed by atoms with E-state index in [2.05, 4.69) is 16.1 Å². The zero-order valence-corrected chi connectivity index (χ0v) is 14.0. The van der Waals surface area contributed by atoms with Crippen LogP contribution < -0.4 is 0 Å². The van der Waals surface area contributed by atoms with Crippen molar-refractivity contribution >= 4 is 11.7 Å². The van der Waals surface area contributed by atoms with Crippen molar-refractivity contribution in [1.82, 2.24) is 19.2 Å². The van der Waals surface area contributed by atoms with Crippen molar-refractivity contribution in [3.05, 3.63) is 36.3 Å². The highest BCUT2D eigenvalue weighted by Gasteiger charge is 2.26. The number of piperazine rings is 1. The van der Waals surface area contributed by atoms with Gasteiger partial charge in [0.25, 0.3) is 0 Å². The Bertz CT molecular complexity index is 648. The maximum Gasteiger partial charge on any atom is 0.410 e. The maximum absolute atomic E-state index is 12.1. The highest BCUT2D eigenvalue weighted by Crippen LogP contribution is 2.13. The first kappa shape index (κ1) is 15.8. The number of carbonyl (C=O) groups excluding carboxylic acids is 1. The van der Waals surface area contributed by atoms with Gasteiger partial charge in [-0.05, 0) is 32.9 Å². The molecule has 0 atom stereocenters. The van der Waals surface area contributed by atoms with Crippen LogP contribution in [0.5, 0.6) is 0 Å². The summed E-state index contributed by atoms with van der Waals surface area (Å²) in [5.74, 6) is 0. The SMILES string of the molecule is CC(C)(C)OC(=O)N1CCN(Cc2cn3ccccc3n2)CC1. The quantitative estimate of drug-likeness (QED) is 0.853. The molecule has 0 bridgehead atoms. The molecular weight excluding hydrogens is 292 g/mol. The van der Waals surface area contributed by atoms with Crippen LogP contribution in [0.4, 0.5) is 4.79 Å². The molecule has 0 spiro atoms. The minimum Gasteiger partial charge on any atom is -0.444 e. The average molecular weight is 316 g/mol. The average Bonchev–Trinajstić information content (AvgIpc) is 2.88. The van der Waals surface area contributed by atoms with Gasteiger partial charge in [0, 0.05) is 45.1 Å². The molecule has 1 amide bonds. The number of nitrogens with zero attached hydrogens (tertiary/aromatic N) is 4. The molecule has 2 aromatic rings. The van der Waals surface area contributed by atoms with Crippen molar-refractivity contribution in [3.63, 3.8) is 0 Å². The van der Waals surface area contributed by atoms with Gasteiger partial charge in [0.2, 0.25) is 0 Å². The van der Waals surface area contributed by atoms with E-state index in [9.17, 15) is 4.79 Å². The van der Waals surface area contributed by atoms with Gasteiger partial charge in [0.1, 0.15) is 11.2 Å². The Balaban J connectivity index is 1.54. The molecule has 0 unspecified atom stereocenters. The third-order valence-electron chi connectivity index (χ3n) is 3.82. The van der Waals surface area contributed by atoms with E-state index in [4.69, 9.17) is 4.74 Å². The lowest BCUT2D eigenvalue weighted by Gasteiger charge is -2.35. The first-order chi connectivity index (χ1) is 10.9. The van der Waals surface area contributed by atoms with Gasteiger partial charge in [-0.1, -0.05) is 6.07 Å². The Labute approximate surface area is 136 Å². The molecule has 2 aromatic heterocycles. The van der Waals surface area contributed by atoms with Crippen LogP contribution in [0.3, 0.4) is 0 Å². The monoisotopic (exact) mass is 316 g/mol. The Morgan fingerprint density at radius 2 is 1.96 bits per heavy atom. The lowest BCUT2D eigenvalue weighted by atomic mass is 10.2. The molecule has 1 aliphatic rings. The first-order valence-electron chi connectivity index (χ1n) is 8.04. The Morgan fingerprint density at radius 1 is 1.22 bits per heavy atom. The summed E-state index contributed by atoms with van der Waals surface area (Å²) in [5, 5.41) is 0. The third-order valence-corrected chi connectivity index (χ3v) is 3.82. The Hall–Kier alpha value is -2.08. The van der Waals surface area contributed by atoms with Crippen molar-refractivity contribution < 1.29 is 9.53 Å². The molecule has 0 N–H and O–H groups in total. The van der Waals surface area contributed by atoms with E-state index < -0.39 is 5.60 Å². The Morgan fingerprint density at radius 3 is 2.61 bits per heavy atom. The third kappa shape index (κ3) is 4.01. The number of hydrogen-bond acceptors (Lipinski definition) is 4. The molecule has 1 fully saturated rings. The van der Waals surface area contributed by atoms with Crippen LogP contribution in [-0.4, -0.2) is 57.1 Å². The second-order valence-corrected chi connectivity index (χ2v) is 6.94. The van der Waals surface area contributed by atoms with Crippen molar-refractivity contribution in [2.24, 2.45) is 0 Å². The molecule has 0 radical (unpaired) electrons. The number of hydrogen-bond donors (Lipinski definition) is 0. The van der Waals surface area contributed by atoms with Gasteiger partial charge in [-0.25, -0.2) is 9.78 Å². The fourth-order valence-electron chi connectivity index (χ4n) is 2.71. The van der Waals surface area contributed by atoms with Gasteiger partial charge in [-0.2, -0.15) is 0 Å². The van der Waals surface area contributed by atoms with Crippen LogP contribution in [0.15, 0.2) is 30.6 Å². The predicted molar refractivity (Wildman–Crippen MR) is 88.3 cm³/mol. The lowest BCUT2D eigenvalue weighted by Crippen LogP contribution is -2.49. The van der Waals surface area contributed by atoms with Crippen molar-refractivity contribution in [3.8, 4) is 0 Å². The number of aromatic nitrogens is 2. The topological polar surface area (TPSA) is 50.1 Å². The zero-order valence-electron chi connectivity index (χ0n) is 14.0. The highest BCUT2D eigenvalue weighted by molar-refractivity contribution is 5.68. The Kier molecular flexibility index (Phi) is 4.26. The van der Waals surface area contributed by atoms with E-state index in [1.165, 1.54) is 0 Å². The van der Waals surface area contributed by atoms with E-state index in [1.807, 2.05) is 49.6 Å². The molecular formula is C17H24N4O2. The molecule has 0 saturated carbocycles. The molecule has 0 aliphatic carbocycles. The summed E-state index contributed by atoms with van der Waals surface area (Å²) in [6, 6.07) is 5.99. The standard InChI is InChI=1S/C17H24N4O2/c1-17(2,3)23-16(22)20-10-8-19(9-11-20)12-14-13-21-7-5-4-6-15(21)18-14/h4-7,13H,8-12H2,1-3H3. The van der Waals surface area contributed by atoms with Gasteiger partial charge >= 0.3 is 6.09 Å². The summed E-state index contributed by atoms with van der Waals surface area (Å²) in [7, 11) is 0. The molecule has 124 valence electrons. The molecule has 3 heterocycles. The van der Waals surface area contributed by atoms with Gasteiger partial charge in [-0.15, -0.1) is 0 Å². The van der Waals surface area contributed by atoms with E-state index >= 15 is 0 Å². The second-order valence-electron chi connectivity index (χ2n) is 6.94. The summed E-state index contributed by atoms with van der Waals surface area (Å²) in [4.78, 5) is 20.8. The fraction of sp³-hybridized carbons (Fsp3) is 0.529. The number of rotatable bonds is 2. The van der Waals surface area contributed by atoms with Crippen LogP contribution in [0.1, 0.15) is 26.5 Å². The van der Waals surface area contributed by atoms with Crippen molar-refractivity contribution in [2.75, 3.05) is 26.2 Å². The molecule has 3 rings (SSSR count). The maximum atomic E-state index is 12.1. The number of ether oxygens (including phenoxy) is 1. The summed E-state index contributed by atoms with van der Waals surface area (Å²) in [5.41, 5.74) is 1.59. The fourth-order valence-corrected chi connectivity index (χ4v) is 2.71. The number of carbonyl (C=O) groups is 1. The second kappa shape index (κ2) is 6.20. The van der Waals surface area contributed by atoms with Crippen LogP contribution in [-0.2, 0) is 11.3 Å². The molecule has 23 heavy (non-hydrogen) atoms. The van der Waals surface area contributed by atoms with Crippen LogP contribution >= 0.6 is 0 Å². The molecule has 6 heteroatoms. The number of imidazole rings is 1. The summed E-state index contributed by atoms with van der Waals surface area (Å²) >= 11 is 0. The van der Waals surface area contributed by atoms with Gasteiger partial charge in [0.15, 0.2) is 0 Å². The van der Waals surface area contributed by atoms with Crippen LogP contribution in [0.25, 0.3) is 5.65 Å². The minimum atomic E-state index is -0.440. The van der Waals surface area contributed by atoms with Crippen molar-refractivity contribution in [1.29, 1.82) is 0 Å². The lowest BCUT2D eigenvalue weighted by molar-refractivity contribution is 0.0138. The molecule has 1 aliphatic heterocycles. The number of fused-ring (bicyclic) bond motifs is 1. The first-order valence-corrected chi connectivity index (χ1v) is 8.04. The number of amides is 1. The van der Waals surface area contributed by atoms with E-state index in [0.717, 1.165) is 31.0 Å². The minimum absolute atomic E-state index is 0.218. The van der Waals surface area contributed by atoms with Crippen LogP contribution in [0, 0.1) is 0 Å². The summed E-state index contributed by atoms with van der Waals surface area (Å²) < 4.78 is 7.46. The van der Waals surface area contributed by atoms with E-state index in [-0.39, 0.29) is 6.09 Å². The van der Waals surface area contributed by atoms with Crippen molar-refractivity contribution in [2.45, 2.75) is 32.9 Å². The normalized spacial score (nSPS) is 16.7. The van der Waals surface area contributed by atoms with Gasteiger partial charge < -0.3 is 14.0 Å². The van der Waals surface area contributed by atoms with Gasteiger partial charge in [0.05, 0.1) is 5.69 Å². The summed E-state index contributed by atoms with van der Waals surface area (Å²) in [6.07, 6.45) is 3.85. The molecule has 1 saturated heterocycles. The molecule has 0 aromatic carbocycles. The zero-order chi connectivity index (χ0) is 16.4. The molecule has 6 nitrogen and oxygen atoms in total. The largest absolute Gasteiger partial charge is 0.444 e. The smallest absolute Gasteiger partial charge is 0.410 e.